The zero-order valence-corrected chi connectivity index (χ0v) is 12.8. The molecule has 20 heavy (non-hydrogen) atoms. The summed E-state index contributed by atoms with van der Waals surface area (Å²) in [7, 11) is 3.47. The van der Waals surface area contributed by atoms with Crippen LogP contribution in [0.5, 0.6) is 0 Å². The summed E-state index contributed by atoms with van der Waals surface area (Å²) >= 11 is 6.17. The Morgan fingerprint density at radius 3 is 2.70 bits per heavy atom. The zero-order valence-electron chi connectivity index (χ0n) is 12.1. The van der Waals surface area contributed by atoms with Gasteiger partial charge in [0.15, 0.2) is 0 Å². The van der Waals surface area contributed by atoms with Gasteiger partial charge in [-0.05, 0) is 13.8 Å². The SMILES string of the molecule is COCCn1ncc(Cl)c1C(O)c1c(C)nn(C)c1C. The van der Waals surface area contributed by atoms with Crippen LogP contribution in [0.25, 0.3) is 0 Å². The standard InChI is InChI=1S/C13H19ClN4O2/c1-8-11(9(2)17(3)16-8)13(19)12-10(14)7-15-18(12)5-6-20-4/h7,13,19H,5-6H2,1-4H3. The first-order chi connectivity index (χ1) is 9.47. The van der Waals surface area contributed by atoms with E-state index in [0.29, 0.717) is 23.9 Å². The molecule has 110 valence electrons. The molecule has 2 aromatic rings. The minimum atomic E-state index is -0.851. The van der Waals surface area contributed by atoms with Crippen molar-refractivity contribution >= 4 is 11.6 Å². The Balaban J connectivity index is 2.42. The van der Waals surface area contributed by atoms with Crippen molar-refractivity contribution in [3.05, 3.63) is 33.9 Å². The lowest BCUT2D eigenvalue weighted by Gasteiger charge is -2.15. The van der Waals surface area contributed by atoms with Gasteiger partial charge in [0.25, 0.3) is 0 Å². The molecule has 0 bridgehead atoms. The van der Waals surface area contributed by atoms with E-state index in [1.54, 1.807) is 16.5 Å². The first-order valence-corrected chi connectivity index (χ1v) is 6.73. The van der Waals surface area contributed by atoms with Crippen molar-refractivity contribution in [1.29, 1.82) is 0 Å². The second-order valence-corrected chi connectivity index (χ2v) is 5.11. The van der Waals surface area contributed by atoms with Gasteiger partial charge in [-0.15, -0.1) is 0 Å². The first kappa shape index (κ1) is 15.0. The molecule has 0 saturated heterocycles. The van der Waals surface area contributed by atoms with Crippen molar-refractivity contribution in [2.45, 2.75) is 26.5 Å². The molecule has 0 aliphatic rings. The molecule has 7 heteroatoms. The normalized spacial score (nSPS) is 12.9. The monoisotopic (exact) mass is 298 g/mol. The van der Waals surface area contributed by atoms with E-state index in [2.05, 4.69) is 10.2 Å². The fraction of sp³-hybridized carbons (Fsp3) is 0.538. The molecule has 1 atom stereocenters. The maximum absolute atomic E-state index is 10.7. The Labute approximate surface area is 122 Å². The molecule has 0 aromatic carbocycles. The van der Waals surface area contributed by atoms with Gasteiger partial charge in [0, 0.05) is 25.4 Å². The summed E-state index contributed by atoms with van der Waals surface area (Å²) in [6.45, 7) is 4.83. The lowest BCUT2D eigenvalue weighted by molar-refractivity contribution is 0.171. The number of hydrogen-bond donors (Lipinski definition) is 1. The first-order valence-electron chi connectivity index (χ1n) is 6.35. The molecule has 1 unspecified atom stereocenters. The number of aryl methyl sites for hydroxylation is 2. The summed E-state index contributed by atoms with van der Waals surface area (Å²) in [5.41, 5.74) is 3.04. The van der Waals surface area contributed by atoms with Gasteiger partial charge in [0.1, 0.15) is 6.10 Å². The summed E-state index contributed by atoms with van der Waals surface area (Å²) in [5, 5.41) is 19.6. The van der Waals surface area contributed by atoms with Crippen LogP contribution in [0.1, 0.15) is 28.7 Å². The fourth-order valence-electron chi connectivity index (χ4n) is 2.32. The largest absolute Gasteiger partial charge is 0.383 e. The van der Waals surface area contributed by atoms with Crippen LogP contribution in [-0.2, 0) is 18.3 Å². The number of aliphatic hydroxyl groups excluding tert-OH is 1. The van der Waals surface area contributed by atoms with Crippen molar-refractivity contribution in [1.82, 2.24) is 19.6 Å². The highest BCUT2D eigenvalue weighted by atomic mass is 35.5. The Morgan fingerprint density at radius 2 is 2.15 bits per heavy atom. The highest BCUT2D eigenvalue weighted by molar-refractivity contribution is 6.31. The molecule has 6 nitrogen and oxygen atoms in total. The maximum Gasteiger partial charge on any atom is 0.126 e. The van der Waals surface area contributed by atoms with E-state index in [1.165, 1.54) is 6.20 Å². The van der Waals surface area contributed by atoms with E-state index in [0.717, 1.165) is 17.0 Å². The van der Waals surface area contributed by atoms with Crippen LogP contribution in [0.2, 0.25) is 5.02 Å². The second kappa shape index (κ2) is 5.95. The number of halogens is 1. The molecule has 2 heterocycles. The minimum Gasteiger partial charge on any atom is -0.383 e. The Bertz CT molecular complexity index is 606. The van der Waals surface area contributed by atoms with Crippen LogP contribution < -0.4 is 0 Å². The van der Waals surface area contributed by atoms with Crippen molar-refractivity contribution in [2.75, 3.05) is 13.7 Å². The average Bonchev–Trinajstić information content (AvgIpc) is 2.88. The quantitative estimate of drug-likeness (QED) is 0.911. The average molecular weight is 299 g/mol. The number of rotatable bonds is 5. The molecule has 0 aliphatic heterocycles. The Morgan fingerprint density at radius 1 is 1.45 bits per heavy atom. The highest BCUT2D eigenvalue weighted by Gasteiger charge is 2.25. The van der Waals surface area contributed by atoms with Gasteiger partial charge in [-0.2, -0.15) is 10.2 Å². The topological polar surface area (TPSA) is 65.1 Å². The molecular weight excluding hydrogens is 280 g/mol. The van der Waals surface area contributed by atoms with E-state index in [1.807, 2.05) is 20.9 Å². The van der Waals surface area contributed by atoms with Crippen LogP contribution in [0, 0.1) is 13.8 Å². The molecule has 2 rings (SSSR count). The second-order valence-electron chi connectivity index (χ2n) is 4.70. The van der Waals surface area contributed by atoms with Crippen LogP contribution >= 0.6 is 11.6 Å². The highest BCUT2D eigenvalue weighted by Crippen LogP contribution is 2.31. The van der Waals surface area contributed by atoms with Gasteiger partial charge in [-0.1, -0.05) is 11.6 Å². The lowest BCUT2D eigenvalue weighted by Crippen LogP contribution is -2.14. The molecule has 0 radical (unpaired) electrons. The number of methoxy groups -OCH3 is 1. The maximum atomic E-state index is 10.7. The van der Waals surface area contributed by atoms with Crippen molar-refractivity contribution < 1.29 is 9.84 Å². The van der Waals surface area contributed by atoms with E-state index in [-0.39, 0.29) is 0 Å². The Hall–Kier alpha value is -1.37. The van der Waals surface area contributed by atoms with Gasteiger partial charge in [0.2, 0.25) is 0 Å². The number of aliphatic hydroxyl groups is 1. The van der Waals surface area contributed by atoms with Crippen LogP contribution in [0.3, 0.4) is 0 Å². The molecule has 0 saturated carbocycles. The van der Waals surface area contributed by atoms with Crippen molar-refractivity contribution in [3.63, 3.8) is 0 Å². The van der Waals surface area contributed by atoms with Gasteiger partial charge in [-0.25, -0.2) is 0 Å². The molecule has 0 amide bonds. The molecular formula is C13H19ClN4O2. The minimum absolute atomic E-state index is 0.441. The van der Waals surface area contributed by atoms with Gasteiger partial charge in [-0.3, -0.25) is 9.36 Å². The van der Waals surface area contributed by atoms with Gasteiger partial charge >= 0.3 is 0 Å². The number of aromatic nitrogens is 4. The summed E-state index contributed by atoms with van der Waals surface area (Å²) in [6, 6.07) is 0. The zero-order chi connectivity index (χ0) is 14.9. The summed E-state index contributed by atoms with van der Waals surface area (Å²) < 4.78 is 8.46. The summed E-state index contributed by atoms with van der Waals surface area (Å²) in [4.78, 5) is 0. The predicted octanol–water partition coefficient (Wildman–Crippen LogP) is 1.61. The lowest BCUT2D eigenvalue weighted by atomic mass is 10.0. The molecule has 1 N–H and O–H groups in total. The number of nitrogens with zero attached hydrogens (tertiary/aromatic N) is 4. The van der Waals surface area contributed by atoms with E-state index >= 15 is 0 Å². The molecule has 0 fully saturated rings. The summed E-state index contributed by atoms with van der Waals surface area (Å²) in [6.07, 6.45) is 0.687. The van der Waals surface area contributed by atoms with Crippen molar-refractivity contribution in [3.8, 4) is 0 Å². The molecule has 0 spiro atoms. The summed E-state index contributed by atoms with van der Waals surface area (Å²) in [5.74, 6) is 0. The number of hydrogen-bond acceptors (Lipinski definition) is 4. The van der Waals surface area contributed by atoms with Crippen LogP contribution in [-0.4, -0.2) is 38.4 Å². The smallest absolute Gasteiger partial charge is 0.126 e. The van der Waals surface area contributed by atoms with E-state index < -0.39 is 6.10 Å². The van der Waals surface area contributed by atoms with Gasteiger partial charge in [0.05, 0.1) is 35.8 Å². The van der Waals surface area contributed by atoms with E-state index in [9.17, 15) is 5.11 Å². The Kier molecular flexibility index (Phi) is 4.47. The third-order valence-electron chi connectivity index (χ3n) is 3.44. The molecule has 0 aliphatic carbocycles. The number of ether oxygens (including phenoxy) is 1. The molecule has 2 aromatic heterocycles. The third kappa shape index (κ3) is 2.59. The fourth-order valence-corrected chi connectivity index (χ4v) is 2.57. The van der Waals surface area contributed by atoms with Crippen LogP contribution in [0.4, 0.5) is 0 Å². The van der Waals surface area contributed by atoms with Crippen molar-refractivity contribution in [2.24, 2.45) is 7.05 Å². The van der Waals surface area contributed by atoms with Gasteiger partial charge < -0.3 is 9.84 Å². The predicted molar refractivity (Wildman–Crippen MR) is 75.9 cm³/mol. The van der Waals surface area contributed by atoms with E-state index in [4.69, 9.17) is 16.3 Å². The van der Waals surface area contributed by atoms with Crippen LogP contribution in [0.15, 0.2) is 6.20 Å². The third-order valence-corrected chi connectivity index (χ3v) is 3.73.